The maximum atomic E-state index is 9.94. The first kappa shape index (κ1) is 13.4. The Morgan fingerprint density at radius 2 is 2.32 bits per heavy atom. The number of hydrogen-bond acceptors (Lipinski definition) is 4. The highest BCUT2D eigenvalue weighted by molar-refractivity contribution is 5.41. The SMILES string of the molecule is COc1ccc(C(C)NCCc2cnc[nH]2)c(O)c1. The minimum atomic E-state index is 0.0776. The Bertz CT molecular complexity index is 511. The van der Waals surface area contributed by atoms with Crippen LogP contribution < -0.4 is 10.1 Å². The molecule has 5 heteroatoms. The van der Waals surface area contributed by atoms with E-state index >= 15 is 0 Å². The maximum absolute atomic E-state index is 9.94. The molecular weight excluding hydrogens is 242 g/mol. The Hall–Kier alpha value is -2.01. The Labute approximate surface area is 112 Å². The molecule has 1 atom stereocenters. The Kier molecular flexibility index (Phi) is 4.41. The topological polar surface area (TPSA) is 70.2 Å². The summed E-state index contributed by atoms with van der Waals surface area (Å²) in [5.74, 6) is 0.909. The smallest absolute Gasteiger partial charge is 0.124 e. The number of nitrogens with one attached hydrogen (secondary N) is 2. The summed E-state index contributed by atoms with van der Waals surface area (Å²) in [6.07, 6.45) is 4.37. The molecule has 1 unspecified atom stereocenters. The second kappa shape index (κ2) is 6.24. The molecule has 0 saturated carbocycles. The van der Waals surface area contributed by atoms with Gasteiger partial charge in [0.05, 0.1) is 13.4 Å². The van der Waals surface area contributed by atoms with E-state index in [1.807, 2.05) is 25.3 Å². The summed E-state index contributed by atoms with van der Waals surface area (Å²) in [7, 11) is 1.58. The van der Waals surface area contributed by atoms with E-state index < -0.39 is 0 Å². The summed E-state index contributed by atoms with van der Waals surface area (Å²) in [5.41, 5.74) is 1.96. The lowest BCUT2D eigenvalue weighted by Gasteiger charge is -2.16. The fourth-order valence-corrected chi connectivity index (χ4v) is 1.97. The monoisotopic (exact) mass is 261 g/mol. The van der Waals surface area contributed by atoms with E-state index in [9.17, 15) is 5.11 Å². The lowest BCUT2D eigenvalue weighted by molar-refractivity contribution is 0.404. The van der Waals surface area contributed by atoms with Crippen LogP contribution in [0.4, 0.5) is 0 Å². The fraction of sp³-hybridized carbons (Fsp3) is 0.357. The Morgan fingerprint density at radius 1 is 1.47 bits per heavy atom. The zero-order valence-corrected chi connectivity index (χ0v) is 11.2. The number of aromatic amines is 1. The number of imidazole rings is 1. The molecule has 2 aromatic rings. The van der Waals surface area contributed by atoms with E-state index in [2.05, 4.69) is 15.3 Å². The van der Waals surface area contributed by atoms with Gasteiger partial charge in [-0.2, -0.15) is 0 Å². The standard InChI is InChI=1S/C14H19N3O2/c1-10(16-6-5-11-8-15-9-17-11)13-4-3-12(19-2)7-14(13)18/h3-4,7-10,16,18H,5-6H2,1-2H3,(H,15,17). The molecule has 0 aliphatic heterocycles. The number of ether oxygens (including phenoxy) is 1. The molecule has 0 fully saturated rings. The van der Waals surface area contributed by atoms with Crippen molar-refractivity contribution in [2.24, 2.45) is 0 Å². The third kappa shape index (κ3) is 3.48. The third-order valence-electron chi connectivity index (χ3n) is 3.10. The summed E-state index contributed by atoms with van der Waals surface area (Å²) >= 11 is 0. The molecule has 1 aromatic carbocycles. The van der Waals surface area contributed by atoms with Crippen LogP contribution in [-0.4, -0.2) is 28.7 Å². The van der Waals surface area contributed by atoms with Gasteiger partial charge in [0.2, 0.25) is 0 Å². The molecule has 0 aliphatic rings. The first-order valence-electron chi connectivity index (χ1n) is 6.28. The number of rotatable bonds is 6. The van der Waals surface area contributed by atoms with Crippen molar-refractivity contribution in [1.82, 2.24) is 15.3 Å². The van der Waals surface area contributed by atoms with Crippen molar-refractivity contribution >= 4 is 0 Å². The van der Waals surface area contributed by atoms with Gasteiger partial charge in [0.15, 0.2) is 0 Å². The molecule has 1 aromatic heterocycles. The van der Waals surface area contributed by atoms with Crippen molar-refractivity contribution in [2.75, 3.05) is 13.7 Å². The molecule has 0 radical (unpaired) electrons. The van der Waals surface area contributed by atoms with E-state index in [4.69, 9.17) is 4.74 Å². The highest BCUT2D eigenvalue weighted by Crippen LogP contribution is 2.28. The molecule has 3 N–H and O–H groups in total. The van der Waals surface area contributed by atoms with Gasteiger partial charge >= 0.3 is 0 Å². The van der Waals surface area contributed by atoms with E-state index in [1.54, 1.807) is 19.5 Å². The van der Waals surface area contributed by atoms with Crippen LogP contribution in [0, 0.1) is 0 Å². The van der Waals surface area contributed by atoms with Crippen molar-refractivity contribution in [1.29, 1.82) is 0 Å². The van der Waals surface area contributed by atoms with E-state index in [0.29, 0.717) is 5.75 Å². The van der Waals surface area contributed by atoms with Crippen molar-refractivity contribution in [2.45, 2.75) is 19.4 Å². The fourth-order valence-electron chi connectivity index (χ4n) is 1.97. The average molecular weight is 261 g/mol. The molecule has 0 saturated heterocycles. The Morgan fingerprint density at radius 3 is 2.95 bits per heavy atom. The summed E-state index contributed by atoms with van der Waals surface area (Å²) in [6.45, 7) is 2.84. The van der Waals surface area contributed by atoms with E-state index in [-0.39, 0.29) is 11.8 Å². The van der Waals surface area contributed by atoms with Crippen LogP contribution in [0.3, 0.4) is 0 Å². The largest absolute Gasteiger partial charge is 0.507 e. The second-order valence-electron chi connectivity index (χ2n) is 4.43. The van der Waals surface area contributed by atoms with Crippen molar-refractivity contribution in [3.05, 3.63) is 42.0 Å². The van der Waals surface area contributed by atoms with Crippen molar-refractivity contribution in [3.8, 4) is 11.5 Å². The third-order valence-corrected chi connectivity index (χ3v) is 3.10. The maximum Gasteiger partial charge on any atom is 0.124 e. The van der Waals surface area contributed by atoms with Crippen LogP contribution in [0.2, 0.25) is 0 Å². The summed E-state index contributed by atoms with van der Waals surface area (Å²) in [5, 5.41) is 13.3. The average Bonchev–Trinajstić information content (AvgIpc) is 2.91. The summed E-state index contributed by atoms with van der Waals surface area (Å²) in [6, 6.07) is 5.43. The van der Waals surface area contributed by atoms with Crippen LogP contribution in [0.25, 0.3) is 0 Å². The van der Waals surface area contributed by atoms with Crippen LogP contribution in [0.1, 0.15) is 24.2 Å². The predicted octanol–water partition coefficient (Wildman–Crippen LogP) is 2.02. The molecule has 1 heterocycles. The molecule has 0 amide bonds. The first-order chi connectivity index (χ1) is 9.20. The number of H-pyrrole nitrogens is 1. The lowest BCUT2D eigenvalue weighted by Crippen LogP contribution is -2.21. The molecule has 0 bridgehead atoms. The number of aromatic nitrogens is 2. The normalized spacial score (nSPS) is 12.3. The highest BCUT2D eigenvalue weighted by atomic mass is 16.5. The molecular formula is C14H19N3O2. The predicted molar refractivity (Wildman–Crippen MR) is 73.4 cm³/mol. The molecule has 0 aliphatic carbocycles. The zero-order valence-electron chi connectivity index (χ0n) is 11.2. The number of phenols is 1. The van der Waals surface area contributed by atoms with Gasteiger partial charge in [-0.15, -0.1) is 0 Å². The molecule has 0 spiro atoms. The number of nitrogens with zero attached hydrogens (tertiary/aromatic N) is 1. The number of aromatic hydroxyl groups is 1. The van der Waals surface area contributed by atoms with Gasteiger partial charge in [-0.3, -0.25) is 0 Å². The van der Waals surface area contributed by atoms with Crippen molar-refractivity contribution in [3.63, 3.8) is 0 Å². The second-order valence-corrected chi connectivity index (χ2v) is 4.43. The van der Waals surface area contributed by atoms with Gasteiger partial charge < -0.3 is 20.1 Å². The van der Waals surface area contributed by atoms with Crippen LogP contribution in [-0.2, 0) is 6.42 Å². The molecule has 2 rings (SSSR count). The number of phenolic OH excluding ortho intramolecular Hbond substituents is 1. The highest BCUT2D eigenvalue weighted by Gasteiger charge is 2.10. The van der Waals surface area contributed by atoms with Crippen LogP contribution >= 0.6 is 0 Å². The van der Waals surface area contributed by atoms with Gasteiger partial charge in [0.25, 0.3) is 0 Å². The number of methoxy groups -OCH3 is 1. The minimum absolute atomic E-state index is 0.0776. The molecule has 5 nitrogen and oxygen atoms in total. The van der Waals surface area contributed by atoms with Crippen molar-refractivity contribution < 1.29 is 9.84 Å². The lowest BCUT2D eigenvalue weighted by atomic mass is 10.1. The van der Waals surface area contributed by atoms with Crippen LogP contribution in [0.5, 0.6) is 11.5 Å². The van der Waals surface area contributed by atoms with Gasteiger partial charge in [0, 0.05) is 42.5 Å². The van der Waals surface area contributed by atoms with Gasteiger partial charge in [-0.05, 0) is 13.0 Å². The van der Waals surface area contributed by atoms with Crippen LogP contribution in [0.15, 0.2) is 30.7 Å². The van der Waals surface area contributed by atoms with E-state index in [1.165, 1.54) is 0 Å². The number of benzene rings is 1. The quantitative estimate of drug-likeness (QED) is 0.744. The van der Waals surface area contributed by atoms with Gasteiger partial charge in [0.1, 0.15) is 11.5 Å². The van der Waals surface area contributed by atoms with Gasteiger partial charge in [-0.25, -0.2) is 4.98 Å². The molecule has 102 valence electrons. The van der Waals surface area contributed by atoms with E-state index in [0.717, 1.165) is 24.2 Å². The summed E-state index contributed by atoms with van der Waals surface area (Å²) < 4.78 is 5.07. The van der Waals surface area contributed by atoms with Gasteiger partial charge in [-0.1, -0.05) is 6.07 Å². The molecule has 19 heavy (non-hydrogen) atoms. The number of hydrogen-bond donors (Lipinski definition) is 3. The first-order valence-corrected chi connectivity index (χ1v) is 6.28. The minimum Gasteiger partial charge on any atom is -0.507 e. The zero-order chi connectivity index (χ0) is 13.7. The summed E-state index contributed by atoms with van der Waals surface area (Å²) in [4.78, 5) is 7.03. The Balaban J connectivity index is 1.90.